The molecule has 2 rings (SSSR count). The van der Waals surface area contributed by atoms with Crippen molar-refractivity contribution < 1.29 is 9.26 Å². The van der Waals surface area contributed by atoms with Crippen molar-refractivity contribution in [2.45, 2.75) is 3.74 Å². The van der Waals surface area contributed by atoms with E-state index in [1.165, 1.54) is 0 Å². The Balaban J connectivity index is 2.63. The van der Waals surface area contributed by atoms with Gasteiger partial charge in [-0.05, 0) is 18.2 Å². The zero-order valence-electron chi connectivity index (χ0n) is 7.33. The molecule has 1 heterocycles. The number of rotatable bonds is 2. The molecule has 0 saturated carbocycles. The maximum Gasteiger partial charge on any atom is 0.167 e. The number of hydrogen-bond acceptors (Lipinski definition) is 3. The molecule has 0 atom stereocenters. The van der Waals surface area contributed by atoms with Gasteiger partial charge in [-0.2, -0.15) is 0 Å². The molecule has 0 unspecified atom stereocenters. The SMILES string of the molecule is COc1ccc2onc(C(Br)Br)c2c1. The van der Waals surface area contributed by atoms with Crippen molar-refractivity contribution in [3.63, 3.8) is 0 Å². The van der Waals surface area contributed by atoms with E-state index in [2.05, 4.69) is 37.0 Å². The van der Waals surface area contributed by atoms with Crippen LogP contribution < -0.4 is 4.74 Å². The van der Waals surface area contributed by atoms with Crippen LogP contribution in [0.1, 0.15) is 9.43 Å². The lowest BCUT2D eigenvalue weighted by atomic mass is 10.2. The minimum absolute atomic E-state index is 0.0108. The highest BCUT2D eigenvalue weighted by Crippen LogP contribution is 2.35. The summed E-state index contributed by atoms with van der Waals surface area (Å²) in [6.45, 7) is 0. The van der Waals surface area contributed by atoms with Gasteiger partial charge in [0.1, 0.15) is 15.2 Å². The van der Waals surface area contributed by atoms with Crippen LogP contribution in [0.5, 0.6) is 5.75 Å². The van der Waals surface area contributed by atoms with Crippen LogP contribution in [0, 0.1) is 0 Å². The van der Waals surface area contributed by atoms with Crippen molar-refractivity contribution in [3.8, 4) is 5.75 Å². The number of methoxy groups -OCH3 is 1. The molecule has 0 aliphatic carbocycles. The van der Waals surface area contributed by atoms with Crippen LogP contribution in [0.15, 0.2) is 22.7 Å². The number of nitrogens with zero attached hydrogens (tertiary/aromatic N) is 1. The fourth-order valence-electron chi connectivity index (χ4n) is 1.22. The molecule has 0 aliphatic heterocycles. The Bertz CT molecular complexity index is 453. The van der Waals surface area contributed by atoms with Crippen LogP contribution in [0.3, 0.4) is 0 Å². The third-order valence-corrected chi connectivity index (χ3v) is 2.78. The average Bonchev–Trinajstić information content (AvgIpc) is 2.59. The number of ether oxygens (including phenoxy) is 1. The lowest BCUT2D eigenvalue weighted by Gasteiger charge is -1.99. The maximum absolute atomic E-state index is 5.14. The number of hydrogen-bond donors (Lipinski definition) is 0. The predicted molar refractivity (Wildman–Crippen MR) is 61.2 cm³/mol. The summed E-state index contributed by atoms with van der Waals surface area (Å²) in [7, 11) is 1.63. The molecule has 3 nitrogen and oxygen atoms in total. The van der Waals surface area contributed by atoms with Crippen molar-refractivity contribution in [3.05, 3.63) is 23.9 Å². The van der Waals surface area contributed by atoms with E-state index in [-0.39, 0.29) is 3.74 Å². The fraction of sp³-hybridized carbons (Fsp3) is 0.222. The Morgan fingerprint density at radius 1 is 1.43 bits per heavy atom. The molecule has 0 fully saturated rings. The summed E-state index contributed by atoms with van der Waals surface area (Å²) in [6.07, 6.45) is 0. The van der Waals surface area contributed by atoms with Gasteiger partial charge in [0.2, 0.25) is 0 Å². The lowest BCUT2D eigenvalue weighted by molar-refractivity contribution is 0.415. The number of alkyl halides is 2. The maximum atomic E-state index is 5.14. The number of halogens is 2. The standard InChI is InChI=1S/C9H7Br2NO2/c1-13-5-2-3-7-6(4-5)8(9(10)11)12-14-7/h2-4,9H,1H3. The van der Waals surface area contributed by atoms with E-state index < -0.39 is 0 Å². The van der Waals surface area contributed by atoms with Crippen LogP contribution in [-0.4, -0.2) is 12.3 Å². The fourth-order valence-corrected chi connectivity index (χ4v) is 1.88. The third kappa shape index (κ3) is 1.66. The second-order valence-electron chi connectivity index (χ2n) is 2.73. The Morgan fingerprint density at radius 2 is 2.21 bits per heavy atom. The van der Waals surface area contributed by atoms with Gasteiger partial charge in [0.25, 0.3) is 0 Å². The number of fused-ring (bicyclic) bond motifs is 1. The van der Waals surface area contributed by atoms with E-state index in [1.54, 1.807) is 7.11 Å². The van der Waals surface area contributed by atoms with Crippen molar-refractivity contribution >= 4 is 42.8 Å². The summed E-state index contributed by atoms with van der Waals surface area (Å²) in [5, 5.41) is 4.89. The zero-order chi connectivity index (χ0) is 10.1. The molecule has 0 spiro atoms. The quantitative estimate of drug-likeness (QED) is 0.793. The van der Waals surface area contributed by atoms with Crippen LogP contribution in [0.25, 0.3) is 11.0 Å². The molecule has 5 heteroatoms. The summed E-state index contributed by atoms with van der Waals surface area (Å²) in [5.41, 5.74) is 1.57. The number of benzene rings is 1. The van der Waals surface area contributed by atoms with Crippen molar-refractivity contribution in [2.24, 2.45) is 0 Å². The molecule has 2 aromatic rings. The van der Waals surface area contributed by atoms with E-state index in [4.69, 9.17) is 9.26 Å². The Labute approximate surface area is 97.7 Å². The minimum atomic E-state index is -0.0108. The van der Waals surface area contributed by atoms with Gasteiger partial charge >= 0.3 is 0 Å². The molecule has 0 bridgehead atoms. The highest BCUT2D eigenvalue weighted by Gasteiger charge is 2.14. The Hall–Kier alpha value is -0.550. The van der Waals surface area contributed by atoms with Crippen molar-refractivity contribution in [2.75, 3.05) is 7.11 Å². The van der Waals surface area contributed by atoms with E-state index in [0.717, 1.165) is 22.4 Å². The van der Waals surface area contributed by atoms with Gasteiger partial charge in [-0.3, -0.25) is 0 Å². The highest BCUT2D eigenvalue weighted by atomic mass is 79.9. The van der Waals surface area contributed by atoms with E-state index >= 15 is 0 Å². The Morgan fingerprint density at radius 3 is 2.86 bits per heavy atom. The third-order valence-electron chi connectivity index (χ3n) is 1.91. The molecule has 1 aromatic heterocycles. The number of aromatic nitrogens is 1. The van der Waals surface area contributed by atoms with E-state index in [9.17, 15) is 0 Å². The summed E-state index contributed by atoms with van der Waals surface area (Å²) in [6, 6.07) is 5.58. The summed E-state index contributed by atoms with van der Waals surface area (Å²) >= 11 is 6.77. The molecule has 0 saturated heterocycles. The molecule has 0 aliphatic rings. The molecule has 0 amide bonds. The molecule has 0 N–H and O–H groups in total. The summed E-state index contributed by atoms with van der Waals surface area (Å²) in [5.74, 6) is 0.794. The predicted octanol–water partition coefficient (Wildman–Crippen LogP) is 3.62. The van der Waals surface area contributed by atoms with Crippen LogP contribution >= 0.6 is 31.9 Å². The molecule has 14 heavy (non-hydrogen) atoms. The normalized spacial score (nSPS) is 11.1. The summed E-state index contributed by atoms with van der Waals surface area (Å²) < 4.78 is 10.3. The minimum Gasteiger partial charge on any atom is -0.497 e. The van der Waals surface area contributed by atoms with Gasteiger partial charge in [0.15, 0.2) is 5.58 Å². The second-order valence-corrected chi connectivity index (χ2v) is 5.79. The Kier molecular flexibility index (Phi) is 2.78. The van der Waals surface area contributed by atoms with E-state index in [1.807, 2.05) is 18.2 Å². The second kappa shape index (κ2) is 3.90. The summed E-state index contributed by atoms with van der Waals surface area (Å²) in [4.78, 5) is 0. The lowest BCUT2D eigenvalue weighted by Crippen LogP contribution is -1.83. The first kappa shape index (κ1) is 9.98. The van der Waals surface area contributed by atoms with Gasteiger partial charge < -0.3 is 9.26 Å². The average molecular weight is 321 g/mol. The highest BCUT2D eigenvalue weighted by molar-refractivity contribution is 9.24. The van der Waals surface area contributed by atoms with Crippen molar-refractivity contribution in [1.82, 2.24) is 5.16 Å². The largest absolute Gasteiger partial charge is 0.497 e. The van der Waals surface area contributed by atoms with Crippen molar-refractivity contribution in [1.29, 1.82) is 0 Å². The molecular weight excluding hydrogens is 314 g/mol. The molecule has 0 radical (unpaired) electrons. The van der Waals surface area contributed by atoms with Gasteiger partial charge in [0, 0.05) is 0 Å². The van der Waals surface area contributed by atoms with E-state index in [0.29, 0.717) is 0 Å². The van der Waals surface area contributed by atoms with Gasteiger partial charge in [0.05, 0.1) is 12.5 Å². The topological polar surface area (TPSA) is 35.3 Å². The smallest absolute Gasteiger partial charge is 0.167 e. The van der Waals surface area contributed by atoms with Gasteiger partial charge in [-0.25, -0.2) is 0 Å². The molecular formula is C9H7Br2NO2. The van der Waals surface area contributed by atoms with Gasteiger partial charge in [-0.1, -0.05) is 37.0 Å². The zero-order valence-corrected chi connectivity index (χ0v) is 10.5. The molecule has 74 valence electrons. The molecule has 1 aromatic carbocycles. The monoisotopic (exact) mass is 319 g/mol. The van der Waals surface area contributed by atoms with Crippen LogP contribution in [0.2, 0.25) is 0 Å². The van der Waals surface area contributed by atoms with Crippen LogP contribution in [0.4, 0.5) is 0 Å². The van der Waals surface area contributed by atoms with Gasteiger partial charge in [-0.15, -0.1) is 0 Å². The van der Waals surface area contributed by atoms with Crippen LogP contribution in [-0.2, 0) is 0 Å². The first-order chi connectivity index (χ1) is 6.72. The first-order valence-electron chi connectivity index (χ1n) is 3.94. The first-order valence-corrected chi connectivity index (χ1v) is 5.77.